The molecule has 3 heterocycles. The SMILES string of the molecule is Cc1ccc(=O)n(Cc2nc(Cl)c3c(C)c(C)sc3n2)n1. The van der Waals surface area contributed by atoms with Crippen LogP contribution >= 0.6 is 22.9 Å². The van der Waals surface area contributed by atoms with Crippen LogP contribution in [0.3, 0.4) is 0 Å². The van der Waals surface area contributed by atoms with Gasteiger partial charge in [-0.25, -0.2) is 14.6 Å². The van der Waals surface area contributed by atoms with Crippen LogP contribution < -0.4 is 5.56 Å². The van der Waals surface area contributed by atoms with E-state index in [1.165, 1.54) is 15.6 Å². The Bertz CT molecular complexity index is 900. The number of nitrogens with zero attached hydrogens (tertiary/aromatic N) is 4. The van der Waals surface area contributed by atoms with Crippen molar-refractivity contribution in [2.24, 2.45) is 0 Å². The van der Waals surface area contributed by atoms with E-state index < -0.39 is 0 Å². The zero-order chi connectivity index (χ0) is 15.1. The third kappa shape index (κ3) is 2.56. The van der Waals surface area contributed by atoms with Gasteiger partial charge in [-0.2, -0.15) is 5.10 Å². The van der Waals surface area contributed by atoms with Crippen LogP contribution in [0.15, 0.2) is 16.9 Å². The van der Waals surface area contributed by atoms with Crippen molar-refractivity contribution in [2.75, 3.05) is 0 Å². The summed E-state index contributed by atoms with van der Waals surface area (Å²) in [5, 5.41) is 5.51. The number of fused-ring (bicyclic) bond motifs is 1. The first kappa shape index (κ1) is 14.2. The van der Waals surface area contributed by atoms with E-state index in [0.29, 0.717) is 11.0 Å². The Morgan fingerprint density at radius 3 is 2.76 bits per heavy atom. The molecule has 0 aliphatic heterocycles. The number of hydrogen-bond donors (Lipinski definition) is 0. The monoisotopic (exact) mass is 320 g/mol. The molecule has 0 amide bonds. The Morgan fingerprint density at radius 2 is 2.00 bits per heavy atom. The molecule has 0 aromatic carbocycles. The first-order chi connectivity index (χ1) is 9.95. The maximum Gasteiger partial charge on any atom is 0.267 e. The van der Waals surface area contributed by atoms with E-state index in [1.54, 1.807) is 17.4 Å². The van der Waals surface area contributed by atoms with Crippen molar-refractivity contribution in [1.82, 2.24) is 19.7 Å². The van der Waals surface area contributed by atoms with Crippen LogP contribution in [0.2, 0.25) is 5.15 Å². The zero-order valence-corrected chi connectivity index (χ0v) is 13.4. The van der Waals surface area contributed by atoms with Gasteiger partial charge < -0.3 is 0 Å². The number of aromatic nitrogens is 4. The Labute approximate surface area is 130 Å². The van der Waals surface area contributed by atoms with Gasteiger partial charge in [-0.15, -0.1) is 11.3 Å². The van der Waals surface area contributed by atoms with Crippen molar-refractivity contribution in [1.29, 1.82) is 0 Å². The van der Waals surface area contributed by atoms with Crippen molar-refractivity contribution in [2.45, 2.75) is 27.3 Å². The van der Waals surface area contributed by atoms with Gasteiger partial charge in [-0.05, 0) is 32.4 Å². The lowest BCUT2D eigenvalue weighted by Gasteiger charge is -2.05. The molecule has 0 aliphatic rings. The fourth-order valence-corrected chi connectivity index (χ4v) is 3.54. The van der Waals surface area contributed by atoms with E-state index in [9.17, 15) is 4.79 Å². The topological polar surface area (TPSA) is 60.7 Å². The Morgan fingerprint density at radius 1 is 1.24 bits per heavy atom. The lowest BCUT2D eigenvalue weighted by atomic mass is 10.2. The van der Waals surface area contributed by atoms with Gasteiger partial charge in [-0.1, -0.05) is 11.6 Å². The van der Waals surface area contributed by atoms with Gasteiger partial charge in [0.05, 0.1) is 11.1 Å². The van der Waals surface area contributed by atoms with Crippen molar-refractivity contribution < 1.29 is 0 Å². The summed E-state index contributed by atoms with van der Waals surface area (Å²) < 4.78 is 1.35. The smallest absolute Gasteiger partial charge is 0.267 e. The molecule has 0 atom stereocenters. The zero-order valence-electron chi connectivity index (χ0n) is 11.8. The van der Waals surface area contributed by atoms with Gasteiger partial charge in [0.2, 0.25) is 0 Å². The third-order valence-electron chi connectivity index (χ3n) is 3.32. The molecule has 0 aliphatic carbocycles. The van der Waals surface area contributed by atoms with Gasteiger partial charge in [0.25, 0.3) is 5.56 Å². The van der Waals surface area contributed by atoms with E-state index in [2.05, 4.69) is 15.1 Å². The van der Waals surface area contributed by atoms with Crippen LogP contribution in [-0.2, 0) is 6.54 Å². The minimum atomic E-state index is -0.182. The van der Waals surface area contributed by atoms with Crippen LogP contribution in [0, 0.1) is 20.8 Å². The molecule has 0 N–H and O–H groups in total. The molecule has 3 rings (SSSR count). The molecule has 0 saturated carbocycles. The molecule has 0 spiro atoms. The Hall–Kier alpha value is -1.79. The molecule has 0 unspecified atom stereocenters. The molecule has 5 nitrogen and oxygen atoms in total. The molecule has 3 aromatic rings. The van der Waals surface area contributed by atoms with Gasteiger partial charge in [0.1, 0.15) is 16.5 Å². The third-order valence-corrected chi connectivity index (χ3v) is 4.70. The van der Waals surface area contributed by atoms with Crippen LogP contribution in [-0.4, -0.2) is 19.7 Å². The molecule has 21 heavy (non-hydrogen) atoms. The number of thiophene rings is 1. The Kier molecular flexibility index (Phi) is 3.51. The highest BCUT2D eigenvalue weighted by Crippen LogP contribution is 2.32. The van der Waals surface area contributed by atoms with Crippen LogP contribution in [0.4, 0.5) is 0 Å². The first-order valence-corrected chi connectivity index (χ1v) is 7.62. The molecule has 0 radical (unpaired) electrons. The predicted molar refractivity (Wildman–Crippen MR) is 84.2 cm³/mol. The molecule has 0 fully saturated rings. The highest BCUT2D eigenvalue weighted by atomic mass is 35.5. The lowest BCUT2D eigenvalue weighted by Crippen LogP contribution is -2.24. The second-order valence-electron chi connectivity index (χ2n) is 4.86. The molecular weight excluding hydrogens is 308 g/mol. The number of rotatable bonds is 2. The van der Waals surface area contributed by atoms with Gasteiger partial charge in [0.15, 0.2) is 5.82 Å². The number of aryl methyl sites for hydroxylation is 3. The summed E-state index contributed by atoms with van der Waals surface area (Å²) in [7, 11) is 0. The molecule has 7 heteroatoms. The van der Waals surface area contributed by atoms with E-state index in [-0.39, 0.29) is 12.1 Å². The minimum Gasteiger partial charge on any atom is -0.268 e. The van der Waals surface area contributed by atoms with Crippen molar-refractivity contribution in [3.05, 3.63) is 49.6 Å². The highest BCUT2D eigenvalue weighted by Gasteiger charge is 2.14. The van der Waals surface area contributed by atoms with Gasteiger partial charge in [-0.3, -0.25) is 4.79 Å². The maximum atomic E-state index is 11.8. The molecule has 0 saturated heterocycles. The van der Waals surface area contributed by atoms with Gasteiger partial charge >= 0.3 is 0 Å². The fraction of sp³-hybridized carbons (Fsp3) is 0.286. The summed E-state index contributed by atoms with van der Waals surface area (Å²) in [6, 6.07) is 3.17. The summed E-state index contributed by atoms with van der Waals surface area (Å²) in [6.07, 6.45) is 0. The van der Waals surface area contributed by atoms with Crippen molar-refractivity contribution in [3.63, 3.8) is 0 Å². The Balaban J connectivity index is 2.09. The summed E-state index contributed by atoms with van der Waals surface area (Å²) in [5.41, 5.74) is 1.70. The van der Waals surface area contributed by atoms with Gasteiger partial charge in [0, 0.05) is 10.9 Å². The van der Waals surface area contributed by atoms with E-state index in [0.717, 1.165) is 21.5 Å². The summed E-state index contributed by atoms with van der Waals surface area (Å²) in [5.74, 6) is 0.494. The minimum absolute atomic E-state index is 0.182. The quantitative estimate of drug-likeness (QED) is 0.681. The average molecular weight is 321 g/mol. The lowest BCUT2D eigenvalue weighted by molar-refractivity contribution is 0.607. The molecule has 0 bridgehead atoms. The molecule has 108 valence electrons. The summed E-state index contributed by atoms with van der Waals surface area (Å²) in [4.78, 5) is 22.6. The van der Waals surface area contributed by atoms with Crippen LogP contribution in [0.5, 0.6) is 0 Å². The highest BCUT2D eigenvalue weighted by molar-refractivity contribution is 7.18. The predicted octanol–water partition coefficient (Wildman–Crippen LogP) is 2.87. The van der Waals surface area contributed by atoms with Crippen LogP contribution in [0.25, 0.3) is 10.2 Å². The van der Waals surface area contributed by atoms with E-state index >= 15 is 0 Å². The molecular formula is C14H13ClN4OS. The maximum absolute atomic E-state index is 11.8. The van der Waals surface area contributed by atoms with E-state index in [4.69, 9.17) is 11.6 Å². The van der Waals surface area contributed by atoms with Crippen LogP contribution in [0.1, 0.15) is 22.0 Å². The largest absolute Gasteiger partial charge is 0.268 e. The average Bonchev–Trinajstić information content (AvgIpc) is 2.70. The molecule has 3 aromatic heterocycles. The fourth-order valence-electron chi connectivity index (χ4n) is 2.11. The number of halogens is 1. The summed E-state index contributed by atoms with van der Waals surface area (Å²) >= 11 is 7.85. The summed E-state index contributed by atoms with van der Waals surface area (Å²) in [6.45, 7) is 6.09. The standard InChI is InChI=1S/C14H13ClN4OS/c1-7-4-5-11(20)19(18-7)6-10-16-13(15)12-8(2)9(3)21-14(12)17-10/h4-5H,6H2,1-3H3. The second-order valence-corrected chi connectivity index (χ2v) is 6.43. The van der Waals surface area contributed by atoms with E-state index in [1.807, 2.05) is 20.8 Å². The number of hydrogen-bond acceptors (Lipinski definition) is 5. The van der Waals surface area contributed by atoms with Crippen molar-refractivity contribution in [3.8, 4) is 0 Å². The van der Waals surface area contributed by atoms with Crippen molar-refractivity contribution >= 4 is 33.2 Å². The second kappa shape index (κ2) is 5.20. The normalized spacial score (nSPS) is 11.2. The first-order valence-electron chi connectivity index (χ1n) is 6.42.